The van der Waals surface area contributed by atoms with Gasteiger partial charge in [0.05, 0.1) is 12.2 Å². The van der Waals surface area contributed by atoms with E-state index in [9.17, 15) is 14.4 Å². The number of carboxylic acids is 1. The molecule has 0 unspecified atom stereocenters. The Bertz CT molecular complexity index is 499. The second-order valence-electron chi connectivity index (χ2n) is 4.48. The molecule has 0 bridgehead atoms. The van der Waals surface area contributed by atoms with E-state index in [1.165, 1.54) is 11.8 Å². The Morgan fingerprint density at radius 1 is 1.14 bits per heavy atom. The van der Waals surface area contributed by atoms with Gasteiger partial charge in [0.1, 0.15) is 0 Å². The lowest BCUT2D eigenvalue weighted by molar-refractivity contribution is -0.137. The summed E-state index contributed by atoms with van der Waals surface area (Å²) in [6.45, 7) is 2.67. The summed E-state index contributed by atoms with van der Waals surface area (Å²) in [5, 5.41) is 11.3. The van der Waals surface area contributed by atoms with Crippen LogP contribution in [0.1, 0.15) is 36.5 Å². The molecule has 1 rings (SSSR count). The third kappa shape index (κ3) is 6.94. The van der Waals surface area contributed by atoms with Gasteiger partial charge in [-0.3, -0.25) is 14.4 Å². The van der Waals surface area contributed by atoms with Gasteiger partial charge in [0.2, 0.25) is 5.91 Å². The number of ketones is 1. The van der Waals surface area contributed by atoms with Crippen LogP contribution in [0.2, 0.25) is 0 Å². The Balaban J connectivity index is 2.44. The van der Waals surface area contributed by atoms with Crippen molar-refractivity contribution in [3.63, 3.8) is 0 Å². The number of Topliss-reactive ketones (excluding diaryl/α,β-unsaturated/α-hetero) is 1. The van der Waals surface area contributed by atoms with Gasteiger partial charge in [0.25, 0.3) is 0 Å². The molecule has 0 aliphatic carbocycles. The van der Waals surface area contributed by atoms with E-state index in [1.807, 2.05) is 6.92 Å². The molecular weight excluding hydrogens is 290 g/mol. The van der Waals surface area contributed by atoms with Crippen molar-refractivity contribution in [2.75, 3.05) is 12.3 Å². The highest BCUT2D eigenvalue weighted by Crippen LogP contribution is 2.19. The summed E-state index contributed by atoms with van der Waals surface area (Å²) in [6.07, 6.45) is 0.748. The molecule has 1 aromatic carbocycles. The van der Waals surface area contributed by atoms with Crippen LogP contribution in [0, 0.1) is 0 Å². The van der Waals surface area contributed by atoms with Gasteiger partial charge in [0.15, 0.2) is 5.78 Å². The lowest BCUT2D eigenvalue weighted by Crippen LogP contribution is -2.25. The number of nitrogens with one attached hydrogen (secondary N) is 1. The molecule has 0 atom stereocenters. The van der Waals surface area contributed by atoms with Crippen molar-refractivity contribution in [3.8, 4) is 0 Å². The molecule has 0 saturated carbocycles. The smallest absolute Gasteiger partial charge is 0.303 e. The molecule has 0 aliphatic heterocycles. The molecule has 2 N–H and O–H groups in total. The number of aliphatic carboxylic acids is 1. The van der Waals surface area contributed by atoms with E-state index in [-0.39, 0.29) is 24.5 Å². The fourth-order valence-electron chi connectivity index (χ4n) is 1.57. The van der Waals surface area contributed by atoms with Gasteiger partial charge in [-0.05, 0) is 18.6 Å². The molecule has 0 radical (unpaired) electrons. The van der Waals surface area contributed by atoms with Crippen LogP contribution in [0.15, 0.2) is 29.2 Å². The molecule has 6 heteroatoms. The SMILES string of the molecule is CCCNC(=O)CSc1ccc(C(=O)CCC(=O)O)cc1. The zero-order valence-corrected chi connectivity index (χ0v) is 12.7. The van der Waals surface area contributed by atoms with Crippen molar-refractivity contribution in [1.82, 2.24) is 5.32 Å². The molecule has 1 aromatic rings. The molecular formula is C15H19NO4S. The molecule has 0 heterocycles. The van der Waals surface area contributed by atoms with Crippen LogP contribution in [0.25, 0.3) is 0 Å². The summed E-state index contributed by atoms with van der Waals surface area (Å²) < 4.78 is 0. The van der Waals surface area contributed by atoms with Gasteiger partial charge < -0.3 is 10.4 Å². The standard InChI is InChI=1S/C15H19NO4S/c1-2-9-16-14(18)10-21-12-5-3-11(4-6-12)13(17)7-8-15(19)20/h3-6H,2,7-10H2,1H3,(H,16,18)(H,19,20). The van der Waals surface area contributed by atoms with Crippen LogP contribution in [0.4, 0.5) is 0 Å². The van der Waals surface area contributed by atoms with Crippen LogP contribution in [-0.4, -0.2) is 35.1 Å². The van der Waals surface area contributed by atoms with E-state index in [2.05, 4.69) is 5.32 Å². The first kappa shape index (κ1) is 17.2. The van der Waals surface area contributed by atoms with E-state index in [0.717, 1.165) is 11.3 Å². The number of carbonyl (C=O) groups excluding carboxylic acids is 2. The van der Waals surface area contributed by atoms with E-state index < -0.39 is 5.97 Å². The quantitative estimate of drug-likeness (QED) is 0.540. The van der Waals surface area contributed by atoms with Crippen LogP contribution in [-0.2, 0) is 9.59 Å². The normalized spacial score (nSPS) is 10.1. The second-order valence-corrected chi connectivity index (χ2v) is 5.53. The Kier molecular flexibility index (Phi) is 7.53. The zero-order chi connectivity index (χ0) is 15.7. The zero-order valence-electron chi connectivity index (χ0n) is 11.9. The Morgan fingerprint density at radius 3 is 2.38 bits per heavy atom. The molecule has 0 aliphatic rings. The topological polar surface area (TPSA) is 83.5 Å². The molecule has 114 valence electrons. The lowest BCUT2D eigenvalue weighted by atomic mass is 10.1. The van der Waals surface area contributed by atoms with Crippen LogP contribution in [0.3, 0.4) is 0 Å². The Labute approximate surface area is 128 Å². The first-order valence-corrected chi connectivity index (χ1v) is 7.76. The third-order valence-electron chi connectivity index (χ3n) is 2.68. The van der Waals surface area contributed by atoms with Crippen LogP contribution < -0.4 is 5.32 Å². The number of benzene rings is 1. The maximum Gasteiger partial charge on any atom is 0.303 e. The highest BCUT2D eigenvalue weighted by Gasteiger charge is 2.09. The molecule has 5 nitrogen and oxygen atoms in total. The highest BCUT2D eigenvalue weighted by molar-refractivity contribution is 8.00. The summed E-state index contributed by atoms with van der Waals surface area (Å²) in [6, 6.07) is 6.87. The first-order valence-electron chi connectivity index (χ1n) is 6.77. The van der Waals surface area contributed by atoms with Gasteiger partial charge in [-0.1, -0.05) is 19.1 Å². The highest BCUT2D eigenvalue weighted by atomic mass is 32.2. The van der Waals surface area contributed by atoms with Crippen molar-refractivity contribution >= 4 is 29.4 Å². The molecule has 0 spiro atoms. The molecule has 0 aromatic heterocycles. The van der Waals surface area contributed by atoms with E-state index in [0.29, 0.717) is 17.9 Å². The predicted octanol–water partition coefficient (Wildman–Crippen LogP) is 2.35. The number of thioether (sulfide) groups is 1. The summed E-state index contributed by atoms with van der Waals surface area (Å²) >= 11 is 1.40. The lowest BCUT2D eigenvalue weighted by Gasteiger charge is -2.04. The number of hydrogen-bond donors (Lipinski definition) is 2. The van der Waals surface area contributed by atoms with Crippen molar-refractivity contribution in [2.24, 2.45) is 0 Å². The second kappa shape index (κ2) is 9.18. The predicted molar refractivity (Wildman–Crippen MR) is 81.7 cm³/mol. The van der Waals surface area contributed by atoms with Gasteiger partial charge in [0, 0.05) is 23.4 Å². The number of amides is 1. The maximum atomic E-state index is 11.7. The third-order valence-corrected chi connectivity index (χ3v) is 3.70. The molecule has 0 saturated heterocycles. The maximum absolute atomic E-state index is 11.7. The first-order chi connectivity index (χ1) is 10.0. The fraction of sp³-hybridized carbons (Fsp3) is 0.400. The van der Waals surface area contributed by atoms with E-state index >= 15 is 0 Å². The minimum absolute atomic E-state index is 0.00124. The molecule has 21 heavy (non-hydrogen) atoms. The van der Waals surface area contributed by atoms with Gasteiger partial charge in [-0.2, -0.15) is 0 Å². The Hall–Kier alpha value is -1.82. The monoisotopic (exact) mass is 309 g/mol. The number of hydrogen-bond acceptors (Lipinski definition) is 4. The van der Waals surface area contributed by atoms with Crippen molar-refractivity contribution in [3.05, 3.63) is 29.8 Å². The van der Waals surface area contributed by atoms with Gasteiger partial charge in [-0.25, -0.2) is 0 Å². The van der Waals surface area contributed by atoms with Gasteiger partial charge >= 0.3 is 5.97 Å². The van der Waals surface area contributed by atoms with Crippen LogP contribution in [0.5, 0.6) is 0 Å². The largest absolute Gasteiger partial charge is 0.481 e. The minimum Gasteiger partial charge on any atom is -0.481 e. The van der Waals surface area contributed by atoms with Crippen LogP contribution >= 0.6 is 11.8 Å². The molecule has 0 fully saturated rings. The number of rotatable bonds is 9. The molecule has 1 amide bonds. The summed E-state index contributed by atoms with van der Waals surface area (Å²) in [7, 11) is 0. The van der Waals surface area contributed by atoms with Crippen molar-refractivity contribution in [2.45, 2.75) is 31.1 Å². The fourth-order valence-corrected chi connectivity index (χ4v) is 2.29. The number of carbonyl (C=O) groups is 3. The van der Waals surface area contributed by atoms with E-state index in [1.54, 1.807) is 24.3 Å². The van der Waals surface area contributed by atoms with Gasteiger partial charge in [-0.15, -0.1) is 11.8 Å². The Morgan fingerprint density at radius 2 is 1.81 bits per heavy atom. The minimum atomic E-state index is -0.978. The average molecular weight is 309 g/mol. The van der Waals surface area contributed by atoms with Crippen molar-refractivity contribution in [1.29, 1.82) is 0 Å². The summed E-state index contributed by atoms with van der Waals surface area (Å²) in [5.41, 5.74) is 0.496. The number of carboxylic acid groups (broad SMARTS) is 1. The van der Waals surface area contributed by atoms with Crippen molar-refractivity contribution < 1.29 is 19.5 Å². The van der Waals surface area contributed by atoms with E-state index in [4.69, 9.17) is 5.11 Å². The average Bonchev–Trinajstić information content (AvgIpc) is 2.49. The summed E-state index contributed by atoms with van der Waals surface area (Å²) in [4.78, 5) is 34.5. The summed E-state index contributed by atoms with van der Waals surface area (Å²) in [5.74, 6) is -0.835.